The molecule has 0 radical (unpaired) electrons. The molecule has 6 nitrogen and oxygen atoms in total. The Hall–Kier alpha value is -1.87. The second-order valence-electron chi connectivity index (χ2n) is 8.60. The minimum Gasteiger partial charge on any atom is -0.301 e. The quantitative estimate of drug-likeness (QED) is 0.479. The van der Waals surface area contributed by atoms with Gasteiger partial charge >= 0.3 is 0 Å². The van der Waals surface area contributed by atoms with Gasteiger partial charge in [0.25, 0.3) is 0 Å². The molecule has 1 unspecified atom stereocenters. The van der Waals surface area contributed by atoms with Crippen molar-refractivity contribution in [3.63, 3.8) is 0 Å². The van der Waals surface area contributed by atoms with E-state index in [1.165, 1.54) is 16.4 Å². The second kappa shape index (κ2) is 11.8. The Labute approximate surface area is 192 Å². The number of piperazine rings is 1. The molecule has 0 spiro atoms. The number of aromatic nitrogens is 1. The maximum absolute atomic E-state index is 13.5. The van der Waals surface area contributed by atoms with Crippen molar-refractivity contribution in [2.75, 3.05) is 52.6 Å². The zero-order valence-corrected chi connectivity index (χ0v) is 20.0. The Morgan fingerprint density at radius 3 is 2.28 bits per heavy atom. The topological polar surface area (TPSA) is 56.8 Å². The summed E-state index contributed by atoms with van der Waals surface area (Å²) in [6.07, 6.45) is 5.61. The van der Waals surface area contributed by atoms with Gasteiger partial charge in [0.2, 0.25) is 10.0 Å². The van der Waals surface area contributed by atoms with Gasteiger partial charge in [0.05, 0.1) is 17.5 Å². The van der Waals surface area contributed by atoms with Gasteiger partial charge in [0.1, 0.15) is 5.82 Å². The third-order valence-electron chi connectivity index (χ3n) is 6.11. The molecule has 1 aromatic carbocycles. The molecule has 32 heavy (non-hydrogen) atoms. The Kier molecular flexibility index (Phi) is 9.16. The molecule has 2 heterocycles. The highest BCUT2D eigenvalue weighted by atomic mass is 32.2. The zero-order chi connectivity index (χ0) is 23.0. The number of halogens is 1. The molecule has 1 atom stereocenters. The van der Waals surface area contributed by atoms with Crippen molar-refractivity contribution in [1.29, 1.82) is 0 Å². The van der Waals surface area contributed by atoms with Crippen LogP contribution in [0.1, 0.15) is 43.0 Å². The Morgan fingerprint density at radius 2 is 1.66 bits per heavy atom. The first-order valence-corrected chi connectivity index (χ1v) is 13.0. The van der Waals surface area contributed by atoms with Crippen LogP contribution < -0.4 is 0 Å². The molecular formula is C24H35FN4O2S. The minimum absolute atomic E-state index is 0.0256. The fourth-order valence-corrected chi connectivity index (χ4v) is 5.09. The summed E-state index contributed by atoms with van der Waals surface area (Å²) in [7, 11) is 0.0966. The molecule has 8 heteroatoms. The van der Waals surface area contributed by atoms with Crippen molar-refractivity contribution in [3.8, 4) is 0 Å². The smallest absolute Gasteiger partial charge is 0.213 e. The molecule has 1 fully saturated rings. The first-order valence-electron chi connectivity index (χ1n) is 11.4. The van der Waals surface area contributed by atoms with Crippen LogP contribution in [0.15, 0.2) is 48.7 Å². The number of hydrogen-bond donors (Lipinski definition) is 0. The predicted molar refractivity (Wildman–Crippen MR) is 126 cm³/mol. The first-order chi connectivity index (χ1) is 15.4. The summed E-state index contributed by atoms with van der Waals surface area (Å²) in [5.74, 6) is 0.00871. The molecule has 3 rings (SSSR count). The first kappa shape index (κ1) is 24.8. The van der Waals surface area contributed by atoms with E-state index in [4.69, 9.17) is 0 Å². The maximum Gasteiger partial charge on any atom is 0.213 e. The van der Waals surface area contributed by atoms with Gasteiger partial charge in [0, 0.05) is 46.5 Å². The number of unbranched alkanes of at least 4 members (excludes halogenated alkanes) is 3. The van der Waals surface area contributed by atoms with E-state index in [1.54, 1.807) is 14.1 Å². The zero-order valence-electron chi connectivity index (χ0n) is 19.2. The predicted octanol–water partition coefficient (Wildman–Crippen LogP) is 3.38. The van der Waals surface area contributed by atoms with Crippen molar-refractivity contribution in [2.45, 2.75) is 31.7 Å². The van der Waals surface area contributed by atoms with Crippen LogP contribution in [0.3, 0.4) is 0 Å². The molecule has 1 saturated heterocycles. The molecular weight excluding hydrogens is 427 g/mol. The van der Waals surface area contributed by atoms with E-state index in [9.17, 15) is 12.8 Å². The van der Waals surface area contributed by atoms with Gasteiger partial charge in [-0.05, 0) is 49.2 Å². The van der Waals surface area contributed by atoms with Gasteiger partial charge in [-0.15, -0.1) is 0 Å². The summed E-state index contributed by atoms with van der Waals surface area (Å²) < 4.78 is 38.4. The molecule has 0 N–H and O–H groups in total. The summed E-state index contributed by atoms with van der Waals surface area (Å²) in [6.45, 7) is 4.87. The summed E-state index contributed by atoms with van der Waals surface area (Å²) in [4.78, 5) is 9.49. The number of nitrogens with zero attached hydrogens (tertiary/aromatic N) is 4. The summed E-state index contributed by atoms with van der Waals surface area (Å²) >= 11 is 0. The average molecular weight is 463 g/mol. The van der Waals surface area contributed by atoms with Crippen molar-refractivity contribution < 1.29 is 12.8 Å². The molecule has 0 bridgehead atoms. The van der Waals surface area contributed by atoms with Gasteiger partial charge in [-0.2, -0.15) is 0 Å². The van der Waals surface area contributed by atoms with E-state index in [-0.39, 0.29) is 17.6 Å². The highest BCUT2D eigenvalue weighted by Gasteiger charge is 2.27. The molecule has 176 valence electrons. The van der Waals surface area contributed by atoms with E-state index in [0.29, 0.717) is 0 Å². The van der Waals surface area contributed by atoms with Crippen LogP contribution in [0.5, 0.6) is 0 Å². The number of sulfonamides is 1. The van der Waals surface area contributed by atoms with Gasteiger partial charge in [-0.1, -0.05) is 31.0 Å². The number of rotatable bonds is 11. The van der Waals surface area contributed by atoms with Crippen molar-refractivity contribution in [3.05, 3.63) is 65.7 Å². The lowest BCUT2D eigenvalue weighted by atomic mass is 10.00. The molecule has 1 aliphatic heterocycles. The maximum atomic E-state index is 13.5. The van der Waals surface area contributed by atoms with Crippen LogP contribution in [-0.4, -0.2) is 80.1 Å². The van der Waals surface area contributed by atoms with Crippen molar-refractivity contribution in [2.24, 2.45) is 0 Å². The lowest BCUT2D eigenvalue weighted by Gasteiger charge is -2.39. The minimum atomic E-state index is -3.08. The van der Waals surface area contributed by atoms with Crippen LogP contribution in [0.25, 0.3) is 0 Å². The van der Waals surface area contributed by atoms with E-state index in [2.05, 4.69) is 14.8 Å². The molecule has 0 aliphatic carbocycles. The molecule has 1 aromatic heterocycles. The summed E-state index contributed by atoms with van der Waals surface area (Å²) in [5, 5.41) is 0. The van der Waals surface area contributed by atoms with E-state index in [1.807, 2.05) is 36.5 Å². The normalized spacial score (nSPS) is 17.0. The van der Waals surface area contributed by atoms with Crippen molar-refractivity contribution in [1.82, 2.24) is 19.1 Å². The summed E-state index contributed by atoms with van der Waals surface area (Å²) in [5.41, 5.74) is 2.05. The van der Waals surface area contributed by atoms with Gasteiger partial charge in [-0.25, -0.2) is 17.1 Å². The van der Waals surface area contributed by atoms with Crippen LogP contribution in [0.4, 0.5) is 4.39 Å². The van der Waals surface area contributed by atoms with E-state index < -0.39 is 10.0 Å². The van der Waals surface area contributed by atoms with Gasteiger partial charge in [0.15, 0.2) is 0 Å². The van der Waals surface area contributed by atoms with Gasteiger partial charge in [-0.3, -0.25) is 9.88 Å². The lowest BCUT2D eigenvalue weighted by molar-refractivity contribution is 0.107. The van der Waals surface area contributed by atoms with Crippen LogP contribution in [-0.2, 0) is 10.0 Å². The van der Waals surface area contributed by atoms with Crippen LogP contribution >= 0.6 is 0 Å². The fourth-order valence-electron chi connectivity index (χ4n) is 4.15. The third kappa shape index (κ3) is 7.07. The largest absolute Gasteiger partial charge is 0.301 e. The van der Waals surface area contributed by atoms with Crippen LogP contribution in [0, 0.1) is 5.82 Å². The number of hydrogen-bond acceptors (Lipinski definition) is 5. The van der Waals surface area contributed by atoms with Crippen molar-refractivity contribution >= 4 is 10.0 Å². The third-order valence-corrected chi connectivity index (χ3v) is 8.03. The molecule has 2 aromatic rings. The standard InChI is InChI=1S/C24H35FN4O2S/c1-27(2)32(30,31)20-8-4-3-7-15-28-16-18-29(19-17-28)24(23-9-5-6-14-26-23)21-10-12-22(25)13-11-21/h5-6,9-14,24H,3-4,7-8,15-20H2,1-2H3. The Morgan fingerprint density at radius 1 is 0.969 bits per heavy atom. The van der Waals surface area contributed by atoms with Crippen LogP contribution in [0.2, 0.25) is 0 Å². The SMILES string of the molecule is CN(C)S(=O)(=O)CCCCCCN1CCN(C(c2ccc(F)cc2)c2ccccn2)CC1. The molecule has 1 aliphatic rings. The fraction of sp³-hybridized carbons (Fsp3) is 0.542. The number of benzene rings is 1. The highest BCUT2D eigenvalue weighted by molar-refractivity contribution is 7.89. The number of pyridine rings is 1. The Bertz CT molecular complexity index is 915. The second-order valence-corrected chi connectivity index (χ2v) is 10.9. The summed E-state index contributed by atoms with van der Waals surface area (Å²) in [6, 6.07) is 12.7. The van der Waals surface area contributed by atoms with E-state index in [0.717, 1.165) is 69.7 Å². The monoisotopic (exact) mass is 462 g/mol. The average Bonchev–Trinajstić information content (AvgIpc) is 2.79. The Balaban J connectivity index is 1.46. The van der Waals surface area contributed by atoms with E-state index >= 15 is 0 Å². The molecule has 0 saturated carbocycles. The highest BCUT2D eigenvalue weighted by Crippen LogP contribution is 2.28. The van der Waals surface area contributed by atoms with Gasteiger partial charge < -0.3 is 4.90 Å². The molecule has 0 amide bonds. The lowest BCUT2D eigenvalue weighted by Crippen LogP contribution is -2.48.